The molecule has 1 amide bonds. The Bertz CT molecular complexity index is 497. The average molecular weight is 202 g/mol. The van der Waals surface area contributed by atoms with E-state index in [1.165, 1.54) is 7.05 Å². The van der Waals surface area contributed by atoms with Crippen LogP contribution in [0, 0.1) is 0 Å². The van der Waals surface area contributed by atoms with E-state index in [4.69, 9.17) is 4.74 Å². The van der Waals surface area contributed by atoms with Crippen molar-refractivity contribution in [2.75, 3.05) is 7.05 Å². The van der Waals surface area contributed by atoms with Crippen LogP contribution in [0.3, 0.4) is 0 Å². The zero-order chi connectivity index (χ0) is 10.7. The van der Waals surface area contributed by atoms with Gasteiger partial charge >= 0.3 is 6.09 Å². The molecule has 0 atom stereocenters. The summed E-state index contributed by atoms with van der Waals surface area (Å²) in [5, 5.41) is 3.40. The van der Waals surface area contributed by atoms with Crippen LogP contribution in [0.2, 0.25) is 0 Å². The van der Waals surface area contributed by atoms with Crippen LogP contribution < -0.4 is 10.1 Å². The molecule has 2 rings (SSSR count). The van der Waals surface area contributed by atoms with Gasteiger partial charge in [0.25, 0.3) is 0 Å². The number of nitrogens with zero attached hydrogens (tertiary/aromatic N) is 1. The van der Waals surface area contributed by atoms with Gasteiger partial charge in [0.2, 0.25) is 0 Å². The number of aromatic nitrogens is 1. The summed E-state index contributed by atoms with van der Waals surface area (Å²) in [6.07, 6.45) is 1.22. The van der Waals surface area contributed by atoms with Crippen LogP contribution in [0.25, 0.3) is 10.9 Å². The molecular formula is C11H10N2O2. The van der Waals surface area contributed by atoms with Crippen molar-refractivity contribution in [3.05, 3.63) is 36.5 Å². The third-order valence-corrected chi connectivity index (χ3v) is 1.99. The van der Waals surface area contributed by atoms with Gasteiger partial charge in [-0.1, -0.05) is 6.07 Å². The first-order chi connectivity index (χ1) is 7.29. The number of hydrogen-bond acceptors (Lipinski definition) is 3. The average Bonchev–Trinajstić information content (AvgIpc) is 2.29. The number of fused-ring (bicyclic) bond motifs is 1. The summed E-state index contributed by atoms with van der Waals surface area (Å²) in [7, 11) is 1.52. The van der Waals surface area contributed by atoms with Crippen molar-refractivity contribution in [3.63, 3.8) is 0 Å². The lowest BCUT2D eigenvalue weighted by Gasteiger charge is -2.03. The van der Waals surface area contributed by atoms with E-state index in [1.807, 2.05) is 18.2 Å². The number of benzene rings is 1. The van der Waals surface area contributed by atoms with E-state index >= 15 is 0 Å². The second-order valence-corrected chi connectivity index (χ2v) is 3.00. The van der Waals surface area contributed by atoms with Gasteiger partial charge < -0.3 is 10.1 Å². The van der Waals surface area contributed by atoms with E-state index in [-0.39, 0.29) is 0 Å². The second-order valence-electron chi connectivity index (χ2n) is 3.00. The monoisotopic (exact) mass is 202 g/mol. The minimum atomic E-state index is -0.481. The Kier molecular flexibility index (Phi) is 2.49. The van der Waals surface area contributed by atoms with Crippen LogP contribution in [-0.2, 0) is 0 Å². The first kappa shape index (κ1) is 9.45. The molecule has 0 saturated carbocycles. The Balaban J connectivity index is 2.34. The van der Waals surface area contributed by atoms with E-state index in [9.17, 15) is 4.79 Å². The quantitative estimate of drug-likeness (QED) is 0.769. The molecule has 15 heavy (non-hydrogen) atoms. The predicted octanol–water partition coefficient (Wildman–Crippen LogP) is 1.95. The zero-order valence-corrected chi connectivity index (χ0v) is 8.23. The van der Waals surface area contributed by atoms with Crippen molar-refractivity contribution in [3.8, 4) is 5.75 Å². The maximum Gasteiger partial charge on any atom is 0.412 e. The topological polar surface area (TPSA) is 51.2 Å². The molecular weight excluding hydrogens is 192 g/mol. The van der Waals surface area contributed by atoms with Crippen molar-refractivity contribution < 1.29 is 9.53 Å². The number of hydrogen-bond donors (Lipinski definition) is 1. The third kappa shape index (κ3) is 2.04. The normalized spacial score (nSPS) is 9.93. The van der Waals surface area contributed by atoms with Crippen molar-refractivity contribution >= 4 is 17.0 Å². The molecule has 2 aromatic rings. The van der Waals surface area contributed by atoms with Crippen LogP contribution in [0.5, 0.6) is 5.75 Å². The van der Waals surface area contributed by atoms with Crippen molar-refractivity contribution in [1.29, 1.82) is 0 Å². The van der Waals surface area contributed by atoms with E-state index in [0.717, 1.165) is 10.9 Å². The van der Waals surface area contributed by atoms with Crippen LogP contribution in [-0.4, -0.2) is 18.1 Å². The lowest BCUT2D eigenvalue weighted by atomic mass is 10.2. The fraction of sp³-hybridized carbons (Fsp3) is 0.0909. The van der Waals surface area contributed by atoms with Crippen LogP contribution in [0.4, 0.5) is 4.79 Å². The molecule has 0 bridgehead atoms. The van der Waals surface area contributed by atoms with Gasteiger partial charge in [-0.3, -0.25) is 4.98 Å². The summed E-state index contributed by atoms with van der Waals surface area (Å²) in [6.45, 7) is 0. The molecule has 4 nitrogen and oxygen atoms in total. The molecule has 76 valence electrons. The minimum absolute atomic E-state index is 0.481. The van der Waals surface area contributed by atoms with Gasteiger partial charge in [0.05, 0.1) is 5.52 Å². The van der Waals surface area contributed by atoms with Gasteiger partial charge in [-0.2, -0.15) is 0 Å². The Morgan fingerprint density at radius 2 is 2.27 bits per heavy atom. The molecule has 4 heteroatoms. The van der Waals surface area contributed by atoms with Gasteiger partial charge in [0.1, 0.15) is 5.75 Å². The third-order valence-electron chi connectivity index (χ3n) is 1.99. The molecule has 0 fully saturated rings. The van der Waals surface area contributed by atoms with E-state index < -0.39 is 6.09 Å². The van der Waals surface area contributed by atoms with Gasteiger partial charge in [-0.25, -0.2) is 4.79 Å². The van der Waals surface area contributed by atoms with Gasteiger partial charge in [0.15, 0.2) is 0 Å². The molecule has 1 N–H and O–H groups in total. The highest BCUT2D eigenvalue weighted by Crippen LogP contribution is 2.18. The summed E-state index contributed by atoms with van der Waals surface area (Å²) in [5.41, 5.74) is 0.805. The molecule has 0 radical (unpaired) electrons. The molecule has 0 aliphatic carbocycles. The Morgan fingerprint density at radius 1 is 1.40 bits per heavy atom. The highest BCUT2D eigenvalue weighted by Gasteiger charge is 2.02. The Hall–Kier alpha value is -2.10. The van der Waals surface area contributed by atoms with Crippen LogP contribution >= 0.6 is 0 Å². The summed E-state index contributed by atoms with van der Waals surface area (Å²) in [5.74, 6) is 0.487. The number of ether oxygens (including phenoxy) is 1. The van der Waals surface area contributed by atoms with Gasteiger partial charge in [0, 0.05) is 24.7 Å². The Morgan fingerprint density at radius 3 is 3.07 bits per heavy atom. The van der Waals surface area contributed by atoms with E-state index in [2.05, 4.69) is 10.3 Å². The maximum absolute atomic E-state index is 11.0. The smallest absolute Gasteiger partial charge is 0.410 e. The number of rotatable bonds is 1. The fourth-order valence-electron chi connectivity index (χ4n) is 1.27. The lowest BCUT2D eigenvalue weighted by molar-refractivity contribution is 0.203. The van der Waals surface area contributed by atoms with Crippen LogP contribution in [0.1, 0.15) is 0 Å². The highest BCUT2D eigenvalue weighted by molar-refractivity contribution is 5.80. The van der Waals surface area contributed by atoms with E-state index in [1.54, 1.807) is 18.3 Å². The van der Waals surface area contributed by atoms with Gasteiger partial charge in [-0.05, 0) is 18.2 Å². The minimum Gasteiger partial charge on any atom is -0.410 e. The fourth-order valence-corrected chi connectivity index (χ4v) is 1.27. The molecule has 0 spiro atoms. The number of pyridine rings is 1. The molecule has 0 aliphatic heterocycles. The number of carbonyl (C=O) groups excluding carboxylic acids is 1. The molecule has 0 aliphatic rings. The largest absolute Gasteiger partial charge is 0.412 e. The highest BCUT2D eigenvalue weighted by atomic mass is 16.5. The van der Waals surface area contributed by atoms with Gasteiger partial charge in [-0.15, -0.1) is 0 Å². The molecule has 0 saturated heterocycles. The lowest BCUT2D eigenvalue weighted by Crippen LogP contribution is -2.21. The van der Waals surface area contributed by atoms with Crippen LogP contribution in [0.15, 0.2) is 36.5 Å². The first-order valence-corrected chi connectivity index (χ1v) is 4.54. The molecule has 1 aromatic carbocycles. The van der Waals surface area contributed by atoms with Crippen molar-refractivity contribution in [1.82, 2.24) is 10.3 Å². The molecule has 1 aromatic heterocycles. The summed E-state index contributed by atoms with van der Waals surface area (Å²) >= 11 is 0. The summed E-state index contributed by atoms with van der Waals surface area (Å²) in [4.78, 5) is 15.1. The maximum atomic E-state index is 11.0. The summed E-state index contributed by atoms with van der Waals surface area (Å²) in [6, 6.07) is 9.14. The number of carbonyl (C=O) groups is 1. The number of nitrogens with one attached hydrogen (secondary N) is 1. The van der Waals surface area contributed by atoms with Crippen molar-refractivity contribution in [2.45, 2.75) is 0 Å². The Labute approximate surface area is 86.9 Å². The van der Waals surface area contributed by atoms with E-state index in [0.29, 0.717) is 5.75 Å². The SMILES string of the molecule is CNC(=O)Oc1ccc2cccnc2c1. The predicted molar refractivity (Wildman–Crippen MR) is 56.8 cm³/mol. The van der Waals surface area contributed by atoms with Crippen molar-refractivity contribution in [2.24, 2.45) is 0 Å². The standard InChI is InChI=1S/C11H10N2O2/c1-12-11(14)15-9-5-4-8-3-2-6-13-10(8)7-9/h2-7H,1H3,(H,12,14). The second kappa shape index (κ2) is 3.96. The molecule has 0 unspecified atom stereocenters. The number of amides is 1. The molecule has 1 heterocycles. The zero-order valence-electron chi connectivity index (χ0n) is 8.23. The summed E-state index contributed by atoms with van der Waals surface area (Å²) < 4.78 is 4.98. The first-order valence-electron chi connectivity index (χ1n) is 4.54.